The van der Waals surface area contributed by atoms with E-state index in [4.69, 9.17) is 5.14 Å². The summed E-state index contributed by atoms with van der Waals surface area (Å²) < 4.78 is 21.7. The first-order chi connectivity index (χ1) is 10.4. The van der Waals surface area contributed by atoms with Crippen molar-refractivity contribution in [2.75, 3.05) is 23.7 Å². The van der Waals surface area contributed by atoms with E-state index in [1.165, 1.54) is 6.42 Å². The molecule has 7 nitrogen and oxygen atoms in total. The van der Waals surface area contributed by atoms with Crippen LogP contribution in [0.3, 0.4) is 0 Å². The molecule has 1 saturated heterocycles. The van der Waals surface area contributed by atoms with Gasteiger partial charge in [-0.3, -0.25) is 4.79 Å². The molecule has 1 aliphatic heterocycles. The van der Waals surface area contributed by atoms with Gasteiger partial charge in [-0.15, -0.1) is 0 Å². The fraction of sp³-hybridized carbons (Fsp3) is 0.571. The maximum Gasteiger partial charge on any atom is 0.251 e. The molecule has 22 heavy (non-hydrogen) atoms. The molecule has 0 saturated carbocycles. The molecule has 122 valence electrons. The fourth-order valence-electron chi connectivity index (χ4n) is 2.56. The highest BCUT2D eigenvalue weighted by Crippen LogP contribution is 2.23. The van der Waals surface area contributed by atoms with Crippen molar-refractivity contribution >= 4 is 21.7 Å². The van der Waals surface area contributed by atoms with Crippen LogP contribution in [0.5, 0.6) is 0 Å². The van der Waals surface area contributed by atoms with E-state index >= 15 is 0 Å². The van der Waals surface area contributed by atoms with Gasteiger partial charge in [-0.25, -0.2) is 18.5 Å². The number of primary sulfonamides is 1. The quantitative estimate of drug-likeness (QED) is 0.818. The Hall–Kier alpha value is -1.67. The molecule has 2 heterocycles. The van der Waals surface area contributed by atoms with Crippen molar-refractivity contribution in [2.45, 2.75) is 32.2 Å². The summed E-state index contributed by atoms with van der Waals surface area (Å²) in [7, 11) is -3.57. The van der Waals surface area contributed by atoms with Gasteiger partial charge in [-0.2, -0.15) is 0 Å². The van der Waals surface area contributed by atoms with E-state index in [0.29, 0.717) is 11.6 Å². The van der Waals surface area contributed by atoms with E-state index in [2.05, 4.69) is 22.1 Å². The summed E-state index contributed by atoms with van der Waals surface area (Å²) in [6.07, 6.45) is 5.06. The van der Waals surface area contributed by atoms with Crippen molar-refractivity contribution in [3.63, 3.8) is 0 Å². The molecule has 0 bridgehead atoms. The van der Waals surface area contributed by atoms with E-state index in [1.54, 1.807) is 18.3 Å². The zero-order valence-electron chi connectivity index (χ0n) is 12.7. The highest BCUT2D eigenvalue weighted by molar-refractivity contribution is 7.89. The second kappa shape index (κ2) is 7.06. The first kappa shape index (κ1) is 16.7. The molecule has 1 amide bonds. The number of hydrogen-bond donors (Lipinski definition) is 2. The van der Waals surface area contributed by atoms with Crippen LogP contribution in [-0.2, 0) is 10.0 Å². The molecule has 3 N–H and O–H groups in total. The van der Waals surface area contributed by atoms with Gasteiger partial charge in [-0.05, 0) is 38.3 Å². The monoisotopic (exact) mass is 326 g/mol. The zero-order valence-corrected chi connectivity index (χ0v) is 13.5. The number of sulfonamides is 1. The molecule has 2 rings (SSSR count). The van der Waals surface area contributed by atoms with Crippen molar-refractivity contribution in [1.29, 1.82) is 0 Å². The minimum atomic E-state index is -3.57. The lowest BCUT2D eigenvalue weighted by Gasteiger charge is -2.34. The summed E-state index contributed by atoms with van der Waals surface area (Å²) in [5, 5.41) is 7.45. The molecular formula is C14H22N4O3S. The van der Waals surface area contributed by atoms with Crippen LogP contribution < -0.4 is 15.4 Å². The Labute approximate surface area is 131 Å². The Morgan fingerprint density at radius 1 is 1.50 bits per heavy atom. The number of nitrogens with two attached hydrogens (primary N) is 1. The predicted molar refractivity (Wildman–Crippen MR) is 85.2 cm³/mol. The second-order valence-electron chi connectivity index (χ2n) is 5.56. The Bertz CT molecular complexity index is 633. The molecule has 0 aromatic carbocycles. The van der Waals surface area contributed by atoms with Crippen molar-refractivity contribution in [1.82, 2.24) is 10.3 Å². The molecule has 1 aliphatic rings. The average molecular weight is 326 g/mol. The SMILES string of the molecule is CC1CCCCN1c1cc(C(=O)NCCS(N)(=O)=O)ccn1. The number of aromatic nitrogens is 1. The number of carbonyl (C=O) groups excluding carboxylic acids is 1. The number of nitrogens with one attached hydrogen (secondary N) is 1. The topological polar surface area (TPSA) is 105 Å². The van der Waals surface area contributed by atoms with Crippen LogP contribution in [0, 0.1) is 0 Å². The molecule has 8 heteroatoms. The van der Waals surface area contributed by atoms with E-state index in [0.717, 1.165) is 25.2 Å². The first-order valence-electron chi connectivity index (χ1n) is 7.38. The molecule has 0 spiro atoms. The third-order valence-electron chi connectivity index (χ3n) is 3.78. The van der Waals surface area contributed by atoms with Gasteiger partial charge in [0, 0.05) is 30.9 Å². The van der Waals surface area contributed by atoms with Gasteiger partial charge in [0.1, 0.15) is 5.82 Å². The Morgan fingerprint density at radius 3 is 2.95 bits per heavy atom. The molecule has 1 fully saturated rings. The number of amides is 1. The minimum absolute atomic E-state index is 0.00452. The molecule has 0 radical (unpaired) electrons. The zero-order chi connectivity index (χ0) is 16.2. The molecule has 1 aromatic heterocycles. The summed E-state index contributed by atoms with van der Waals surface area (Å²) in [4.78, 5) is 18.6. The van der Waals surface area contributed by atoms with Crippen molar-refractivity contribution in [3.8, 4) is 0 Å². The van der Waals surface area contributed by atoms with Crippen LogP contribution in [0.1, 0.15) is 36.5 Å². The largest absolute Gasteiger partial charge is 0.354 e. The standard InChI is InChI=1S/C14H22N4O3S/c1-11-4-2-3-8-18(11)13-10-12(5-6-16-13)14(19)17-7-9-22(15,20)21/h5-6,10-11H,2-4,7-9H2,1H3,(H,17,19)(H2,15,20,21). The lowest BCUT2D eigenvalue weighted by atomic mass is 10.0. The lowest BCUT2D eigenvalue weighted by molar-refractivity contribution is 0.0956. The third-order valence-corrected chi connectivity index (χ3v) is 4.55. The Morgan fingerprint density at radius 2 is 2.27 bits per heavy atom. The number of pyridine rings is 1. The number of anilines is 1. The van der Waals surface area contributed by atoms with E-state index in [-0.39, 0.29) is 18.2 Å². The van der Waals surface area contributed by atoms with Gasteiger partial charge < -0.3 is 10.2 Å². The highest BCUT2D eigenvalue weighted by atomic mass is 32.2. The maximum absolute atomic E-state index is 12.1. The summed E-state index contributed by atoms with van der Waals surface area (Å²) >= 11 is 0. The van der Waals surface area contributed by atoms with Crippen molar-refractivity contribution in [2.24, 2.45) is 5.14 Å². The molecule has 1 aromatic rings. The smallest absolute Gasteiger partial charge is 0.251 e. The molecule has 1 unspecified atom stereocenters. The van der Waals surface area contributed by atoms with Crippen molar-refractivity contribution < 1.29 is 13.2 Å². The van der Waals surface area contributed by atoms with Gasteiger partial charge in [0.25, 0.3) is 5.91 Å². The van der Waals surface area contributed by atoms with Crippen LogP contribution in [0.25, 0.3) is 0 Å². The predicted octanol–water partition coefficient (Wildman–Crippen LogP) is 0.479. The van der Waals surface area contributed by atoms with Crippen LogP contribution in [0.2, 0.25) is 0 Å². The Balaban J connectivity index is 2.02. The second-order valence-corrected chi connectivity index (χ2v) is 7.30. The molecular weight excluding hydrogens is 304 g/mol. The van der Waals surface area contributed by atoms with Crippen molar-refractivity contribution in [3.05, 3.63) is 23.9 Å². The number of piperidine rings is 1. The van der Waals surface area contributed by atoms with E-state index in [9.17, 15) is 13.2 Å². The maximum atomic E-state index is 12.1. The fourth-order valence-corrected chi connectivity index (χ4v) is 2.95. The number of hydrogen-bond acceptors (Lipinski definition) is 5. The van der Waals surface area contributed by atoms with Gasteiger partial charge in [0.2, 0.25) is 10.0 Å². The molecule has 0 aliphatic carbocycles. The summed E-state index contributed by atoms with van der Waals surface area (Å²) in [6, 6.07) is 3.76. The first-order valence-corrected chi connectivity index (χ1v) is 9.10. The van der Waals surface area contributed by atoms with Crippen LogP contribution in [-0.4, -0.2) is 44.2 Å². The number of carbonyl (C=O) groups is 1. The highest BCUT2D eigenvalue weighted by Gasteiger charge is 2.20. The third kappa shape index (κ3) is 4.67. The van der Waals surface area contributed by atoms with Crippen LogP contribution >= 0.6 is 0 Å². The minimum Gasteiger partial charge on any atom is -0.354 e. The van der Waals surface area contributed by atoms with Crippen LogP contribution in [0.15, 0.2) is 18.3 Å². The molecule has 1 atom stereocenters. The van der Waals surface area contributed by atoms with E-state index in [1.807, 2.05) is 0 Å². The number of rotatable bonds is 5. The van der Waals surface area contributed by atoms with Gasteiger partial charge in [0.15, 0.2) is 0 Å². The summed E-state index contributed by atoms with van der Waals surface area (Å²) in [5.41, 5.74) is 0.470. The summed E-state index contributed by atoms with van der Waals surface area (Å²) in [6.45, 7) is 3.08. The van der Waals surface area contributed by atoms with E-state index < -0.39 is 10.0 Å². The normalized spacial score (nSPS) is 19.0. The Kier molecular flexibility index (Phi) is 5.36. The summed E-state index contributed by atoms with van der Waals surface area (Å²) in [5.74, 6) is 0.183. The lowest BCUT2D eigenvalue weighted by Crippen LogP contribution is -2.38. The van der Waals surface area contributed by atoms with Gasteiger partial charge in [0.05, 0.1) is 5.75 Å². The average Bonchev–Trinajstić information content (AvgIpc) is 2.46. The van der Waals surface area contributed by atoms with Gasteiger partial charge >= 0.3 is 0 Å². The van der Waals surface area contributed by atoms with Gasteiger partial charge in [-0.1, -0.05) is 0 Å². The number of nitrogens with zero attached hydrogens (tertiary/aromatic N) is 2. The van der Waals surface area contributed by atoms with Crippen LogP contribution in [0.4, 0.5) is 5.82 Å².